The van der Waals surface area contributed by atoms with Crippen LogP contribution in [0.4, 0.5) is 0 Å². The van der Waals surface area contributed by atoms with Gasteiger partial charge in [-0.15, -0.1) is 0 Å². The van der Waals surface area contributed by atoms with E-state index in [0.717, 1.165) is 18.5 Å². The summed E-state index contributed by atoms with van der Waals surface area (Å²) in [4.78, 5) is 0. The fourth-order valence-corrected chi connectivity index (χ4v) is 3.12. The lowest BCUT2D eigenvalue weighted by atomic mass is 10.2. The van der Waals surface area contributed by atoms with Crippen LogP contribution in [-0.4, -0.2) is 39.1 Å². The Morgan fingerprint density at radius 1 is 1.26 bits per heavy atom. The smallest absolute Gasteiger partial charge is 0.214 e. The Morgan fingerprint density at radius 2 is 1.95 bits per heavy atom. The molecule has 0 atom stereocenters. The molecule has 0 fully saturated rings. The molecule has 0 spiro atoms. The number of sulfonamides is 1. The molecular formula is C13H21ClN2O2S. The summed E-state index contributed by atoms with van der Waals surface area (Å²) >= 11 is 6.03. The van der Waals surface area contributed by atoms with Crippen molar-refractivity contribution in [3.05, 3.63) is 34.9 Å². The van der Waals surface area contributed by atoms with E-state index in [9.17, 15) is 8.42 Å². The molecule has 108 valence electrons. The van der Waals surface area contributed by atoms with Crippen LogP contribution in [0, 0.1) is 0 Å². The second kappa shape index (κ2) is 7.85. The molecule has 0 heterocycles. The van der Waals surface area contributed by atoms with E-state index in [0.29, 0.717) is 18.0 Å². The Bertz CT molecular complexity index is 491. The summed E-state index contributed by atoms with van der Waals surface area (Å²) in [5.74, 6) is 0.176. The van der Waals surface area contributed by atoms with Crippen molar-refractivity contribution in [2.45, 2.75) is 19.4 Å². The topological polar surface area (TPSA) is 49.4 Å². The third-order valence-corrected chi connectivity index (χ3v) is 5.16. The first-order valence-corrected chi connectivity index (χ1v) is 8.28. The maximum absolute atomic E-state index is 12.1. The number of rotatable bonds is 8. The summed E-state index contributed by atoms with van der Waals surface area (Å²) in [5, 5.41) is 3.60. The molecule has 0 unspecified atom stereocenters. The highest BCUT2D eigenvalue weighted by Gasteiger charge is 2.18. The number of nitrogens with one attached hydrogen (secondary N) is 1. The molecule has 0 bridgehead atoms. The van der Waals surface area contributed by atoms with Crippen molar-refractivity contribution >= 4 is 21.6 Å². The van der Waals surface area contributed by atoms with E-state index in [1.165, 1.54) is 4.31 Å². The van der Waals surface area contributed by atoms with Crippen molar-refractivity contribution in [2.75, 3.05) is 26.4 Å². The minimum atomic E-state index is -3.21. The predicted molar refractivity (Wildman–Crippen MR) is 79.9 cm³/mol. The first-order chi connectivity index (χ1) is 8.97. The predicted octanol–water partition coefficient (Wildman–Crippen LogP) is 2.10. The highest BCUT2D eigenvalue weighted by molar-refractivity contribution is 7.89. The van der Waals surface area contributed by atoms with E-state index in [4.69, 9.17) is 11.6 Å². The third-order valence-electron chi connectivity index (χ3n) is 2.90. The second-order valence-corrected chi connectivity index (χ2v) is 7.08. The molecule has 0 aliphatic rings. The molecule has 0 aliphatic carbocycles. The third kappa shape index (κ3) is 5.48. The van der Waals surface area contributed by atoms with Crippen molar-refractivity contribution in [3.63, 3.8) is 0 Å². The zero-order valence-corrected chi connectivity index (χ0v) is 13.0. The van der Waals surface area contributed by atoms with Crippen LogP contribution in [0.25, 0.3) is 0 Å². The SMILES string of the molecule is CNCCCCS(=O)(=O)N(C)Cc1ccccc1Cl. The van der Waals surface area contributed by atoms with E-state index in [-0.39, 0.29) is 5.75 Å². The van der Waals surface area contributed by atoms with Gasteiger partial charge >= 0.3 is 0 Å². The molecule has 1 aromatic rings. The maximum atomic E-state index is 12.1. The van der Waals surface area contributed by atoms with Crippen LogP contribution >= 0.6 is 11.6 Å². The minimum Gasteiger partial charge on any atom is -0.320 e. The molecule has 6 heteroatoms. The van der Waals surface area contributed by atoms with Crippen LogP contribution < -0.4 is 5.32 Å². The van der Waals surface area contributed by atoms with Gasteiger partial charge in [0, 0.05) is 18.6 Å². The van der Waals surface area contributed by atoms with Crippen molar-refractivity contribution in [3.8, 4) is 0 Å². The van der Waals surface area contributed by atoms with Gasteiger partial charge in [0.15, 0.2) is 0 Å². The molecule has 0 aliphatic heterocycles. The molecule has 1 aromatic carbocycles. The summed E-state index contributed by atoms with van der Waals surface area (Å²) in [6.07, 6.45) is 1.52. The second-order valence-electron chi connectivity index (χ2n) is 4.47. The van der Waals surface area contributed by atoms with Crippen LogP contribution in [-0.2, 0) is 16.6 Å². The molecule has 4 nitrogen and oxygen atoms in total. The van der Waals surface area contributed by atoms with E-state index < -0.39 is 10.0 Å². The van der Waals surface area contributed by atoms with Crippen molar-refractivity contribution in [1.29, 1.82) is 0 Å². The van der Waals surface area contributed by atoms with E-state index in [1.807, 2.05) is 25.2 Å². The molecule has 1 rings (SSSR count). The van der Waals surface area contributed by atoms with Crippen LogP contribution in [0.15, 0.2) is 24.3 Å². The lowest BCUT2D eigenvalue weighted by Crippen LogP contribution is -2.29. The van der Waals surface area contributed by atoms with Crippen LogP contribution in [0.2, 0.25) is 5.02 Å². The fraction of sp³-hybridized carbons (Fsp3) is 0.538. The van der Waals surface area contributed by atoms with Gasteiger partial charge in [-0.05, 0) is 38.1 Å². The van der Waals surface area contributed by atoms with E-state index in [2.05, 4.69) is 5.32 Å². The Labute approximate surface area is 120 Å². The molecule has 0 saturated carbocycles. The summed E-state index contributed by atoms with van der Waals surface area (Å²) in [5.41, 5.74) is 0.825. The Hall–Kier alpha value is -0.620. The van der Waals surface area contributed by atoms with Gasteiger partial charge in [0.05, 0.1) is 5.75 Å². The van der Waals surface area contributed by atoms with Crippen molar-refractivity contribution in [1.82, 2.24) is 9.62 Å². The molecule has 0 aromatic heterocycles. The van der Waals surface area contributed by atoms with E-state index >= 15 is 0 Å². The van der Waals surface area contributed by atoms with Gasteiger partial charge in [0.2, 0.25) is 10.0 Å². The number of halogens is 1. The summed E-state index contributed by atoms with van der Waals surface area (Å²) in [7, 11) is 0.244. The van der Waals surface area contributed by atoms with Crippen LogP contribution in [0.5, 0.6) is 0 Å². The highest BCUT2D eigenvalue weighted by Crippen LogP contribution is 2.18. The number of hydrogen-bond donors (Lipinski definition) is 1. The summed E-state index contributed by atoms with van der Waals surface area (Å²) in [6, 6.07) is 7.30. The molecule has 0 radical (unpaired) electrons. The summed E-state index contributed by atoms with van der Waals surface area (Å²) < 4.78 is 25.5. The lowest BCUT2D eigenvalue weighted by Gasteiger charge is -2.17. The molecule has 1 N–H and O–H groups in total. The van der Waals surface area contributed by atoms with Gasteiger partial charge in [0.25, 0.3) is 0 Å². The average molecular weight is 305 g/mol. The van der Waals surface area contributed by atoms with Crippen LogP contribution in [0.1, 0.15) is 18.4 Å². The van der Waals surface area contributed by atoms with E-state index in [1.54, 1.807) is 13.1 Å². The maximum Gasteiger partial charge on any atom is 0.214 e. The minimum absolute atomic E-state index is 0.176. The number of unbranched alkanes of at least 4 members (excludes halogenated alkanes) is 1. The molecule has 0 amide bonds. The highest BCUT2D eigenvalue weighted by atomic mass is 35.5. The van der Waals surface area contributed by atoms with Gasteiger partial charge in [-0.3, -0.25) is 0 Å². The molecule has 0 saturated heterocycles. The monoisotopic (exact) mass is 304 g/mol. The Morgan fingerprint density at radius 3 is 2.58 bits per heavy atom. The van der Waals surface area contributed by atoms with Gasteiger partial charge in [-0.25, -0.2) is 12.7 Å². The standard InChI is InChI=1S/C13H21ClN2O2S/c1-15-9-5-6-10-19(17,18)16(2)11-12-7-3-4-8-13(12)14/h3-4,7-8,15H,5-6,9-11H2,1-2H3. The lowest BCUT2D eigenvalue weighted by molar-refractivity contribution is 0.464. The quantitative estimate of drug-likeness (QED) is 0.748. The largest absolute Gasteiger partial charge is 0.320 e. The zero-order valence-electron chi connectivity index (χ0n) is 11.4. The van der Waals surface area contributed by atoms with Gasteiger partial charge in [-0.2, -0.15) is 0 Å². The first kappa shape index (κ1) is 16.4. The normalized spacial score (nSPS) is 12.0. The van der Waals surface area contributed by atoms with Crippen molar-refractivity contribution < 1.29 is 8.42 Å². The Kier molecular flexibility index (Phi) is 6.79. The molecular weight excluding hydrogens is 284 g/mol. The van der Waals surface area contributed by atoms with Crippen molar-refractivity contribution in [2.24, 2.45) is 0 Å². The Balaban J connectivity index is 2.56. The number of benzene rings is 1. The van der Waals surface area contributed by atoms with Crippen LogP contribution in [0.3, 0.4) is 0 Å². The van der Waals surface area contributed by atoms with Gasteiger partial charge in [0.1, 0.15) is 0 Å². The van der Waals surface area contributed by atoms with Gasteiger partial charge < -0.3 is 5.32 Å². The number of nitrogens with zero attached hydrogens (tertiary/aromatic N) is 1. The zero-order chi connectivity index (χ0) is 14.3. The van der Waals surface area contributed by atoms with Gasteiger partial charge in [-0.1, -0.05) is 29.8 Å². The fourth-order valence-electron chi connectivity index (χ4n) is 1.71. The first-order valence-electron chi connectivity index (χ1n) is 6.29. The average Bonchev–Trinajstić information content (AvgIpc) is 2.37. The number of hydrogen-bond acceptors (Lipinski definition) is 3. The summed E-state index contributed by atoms with van der Waals surface area (Å²) in [6.45, 7) is 1.15. The molecule has 19 heavy (non-hydrogen) atoms.